The Morgan fingerprint density at radius 3 is 2.67 bits per heavy atom. The Kier molecular flexibility index (Phi) is 3.41. The molecule has 0 radical (unpaired) electrons. The smallest absolute Gasteiger partial charge is 0.231 e. The van der Waals surface area contributed by atoms with Gasteiger partial charge in [0.25, 0.3) is 0 Å². The summed E-state index contributed by atoms with van der Waals surface area (Å²) in [6, 6.07) is 6.19. The van der Waals surface area contributed by atoms with Crippen LogP contribution in [-0.4, -0.2) is 25.5 Å². The first-order chi connectivity index (χ1) is 8.49. The number of hydrogen-bond acceptors (Lipinski definition) is 3. The van der Waals surface area contributed by atoms with Crippen molar-refractivity contribution in [1.82, 2.24) is 0 Å². The summed E-state index contributed by atoms with van der Waals surface area (Å²) in [5.41, 5.74) is 14.6. The number of nitrogens with two attached hydrogens (primary N) is 2. The highest BCUT2D eigenvalue weighted by molar-refractivity contribution is 6.01. The van der Waals surface area contributed by atoms with E-state index in [0.29, 0.717) is 26.1 Å². The van der Waals surface area contributed by atoms with Crippen molar-refractivity contribution in [2.24, 2.45) is 11.5 Å². The van der Waals surface area contributed by atoms with Crippen molar-refractivity contribution >= 4 is 11.6 Å². The number of fused-ring (bicyclic) bond motifs is 1. The van der Waals surface area contributed by atoms with Crippen molar-refractivity contribution in [1.29, 1.82) is 0 Å². The predicted molar refractivity (Wildman–Crippen MR) is 73.6 cm³/mol. The standard InChI is InChI=1S/C14H21N3O/c1-14(2,9-16)11-3-4-12-10(7-11)8-13(18)17(12)6-5-15/h3-4,7H,5-6,8-9,15-16H2,1-2H3. The first-order valence-electron chi connectivity index (χ1n) is 6.33. The van der Waals surface area contributed by atoms with Gasteiger partial charge in [0.1, 0.15) is 0 Å². The molecule has 0 saturated heterocycles. The summed E-state index contributed by atoms with van der Waals surface area (Å²) in [7, 11) is 0. The molecule has 1 aliphatic rings. The van der Waals surface area contributed by atoms with E-state index in [1.807, 2.05) is 6.07 Å². The van der Waals surface area contributed by atoms with Gasteiger partial charge in [-0.2, -0.15) is 0 Å². The van der Waals surface area contributed by atoms with E-state index in [1.54, 1.807) is 4.90 Å². The van der Waals surface area contributed by atoms with Crippen LogP contribution in [0.1, 0.15) is 25.0 Å². The van der Waals surface area contributed by atoms with Crippen LogP contribution < -0.4 is 16.4 Å². The van der Waals surface area contributed by atoms with Gasteiger partial charge in [-0.3, -0.25) is 4.79 Å². The summed E-state index contributed by atoms with van der Waals surface area (Å²) < 4.78 is 0. The van der Waals surface area contributed by atoms with E-state index in [-0.39, 0.29) is 11.3 Å². The summed E-state index contributed by atoms with van der Waals surface area (Å²) in [5.74, 6) is 0.137. The Morgan fingerprint density at radius 2 is 2.06 bits per heavy atom. The van der Waals surface area contributed by atoms with Crippen LogP contribution in [0, 0.1) is 0 Å². The van der Waals surface area contributed by atoms with Gasteiger partial charge in [0, 0.05) is 30.7 Å². The van der Waals surface area contributed by atoms with Gasteiger partial charge in [-0.25, -0.2) is 0 Å². The molecule has 0 aromatic heterocycles. The number of anilines is 1. The van der Waals surface area contributed by atoms with E-state index >= 15 is 0 Å². The average molecular weight is 247 g/mol. The summed E-state index contributed by atoms with van der Waals surface area (Å²) in [6.07, 6.45) is 0.476. The van der Waals surface area contributed by atoms with Gasteiger partial charge in [-0.05, 0) is 17.2 Å². The number of carbonyl (C=O) groups is 1. The van der Waals surface area contributed by atoms with Crippen LogP contribution in [-0.2, 0) is 16.6 Å². The number of nitrogens with zero attached hydrogens (tertiary/aromatic N) is 1. The third-order valence-corrected chi connectivity index (χ3v) is 3.66. The molecule has 0 bridgehead atoms. The number of hydrogen-bond donors (Lipinski definition) is 2. The first-order valence-corrected chi connectivity index (χ1v) is 6.33. The van der Waals surface area contributed by atoms with E-state index in [2.05, 4.69) is 26.0 Å². The van der Waals surface area contributed by atoms with Gasteiger partial charge >= 0.3 is 0 Å². The molecule has 1 amide bonds. The maximum absolute atomic E-state index is 11.9. The lowest BCUT2D eigenvalue weighted by atomic mass is 9.84. The number of benzene rings is 1. The van der Waals surface area contributed by atoms with Crippen LogP contribution in [0.5, 0.6) is 0 Å². The molecular weight excluding hydrogens is 226 g/mol. The monoisotopic (exact) mass is 247 g/mol. The van der Waals surface area contributed by atoms with E-state index in [0.717, 1.165) is 11.3 Å². The zero-order valence-corrected chi connectivity index (χ0v) is 11.1. The lowest BCUT2D eigenvalue weighted by molar-refractivity contribution is -0.117. The van der Waals surface area contributed by atoms with Crippen molar-refractivity contribution in [3.8, 4) is 0 Å². The molecule has 1 aromatic rings. The normalized spacial score (nSPS) is 15.1. The molecule has 1 aliphatic heterocycles. The number of amides is 1. The maximum atomic E-state index is 11.9. The van der Waals surface area contributed by atoms with Gasteiger partial charge in [0.05, 0.1) is 6.42 Å². The van der Waals surface area contributed by atoms with Gasteiger partial charge in [-0.1, -0.05) is 26.0 Å². The zero-order chi connectivity index (χ0) is 13.3. The Morgan fingerprint density at radius 1 is 1.33 bits per heavy atom. The molecule has 4 nitrogen and oxygen atoms in total. The van der Waals surface area contributed by atoms with Crippen molar-refractivity contribution in [2.75, 3.05) is 24.5 Å². The number of carbonyl (C=O) groups excluding carboxylic acids is 1. The minimum absolute atomic E-state index is 0.0562. The van der Waals surface area contributed by atoms with Gasteiger partial charge in [-0.15, -0.1) is 0 Å². The Bertz CT molecular complexity index is 468. The Labute approximate surface area is 108 Å². The van der Waals surface area contributed by atoms with Crippen molar-refractivity contribution in [2.45, 2.75) is 25.7 Å². The van der Waals surface area contributed by atoms with Crippen LogP contribution in [0.3, 0.4) is 0 Å². The maximum Gasteiger partial charge on any atom is 0.231 e. The van der Waals surface area contributed by atoms with E-state index in [1.165, 1.54) is 5.56 Å². The SMILES string of the molecule is CC(C)(CN)c1ccc2c(c1)CC(=O)N2CCN. The number of rotatable bonds is 4. The minimum atomic E-state index is -0.0562. The minimum Gasteiger partial charge on any atom is -0.330 e. The first kappa shape index (κ1) is 13.1. The quantitative estimate of drug-likeness (QED) is 0.825. The topological polar surface area (TPSA) is 72.4 Å². The van der Waals surface area contributed by atoms with Crippen LogP contribution in [0.25, 0.3) is 0 Å². The third kappa shape index (κ3) is 2.13. The highest BCUT2D eigenvalue weighted by Crippen LogP contribution is 2.32. The highest BCUT2D eigenvalue weighted by Gasteiger charge is 2.28. The second kappa shape index (κ2) is 4.71. The van der Waals surface area contributed by atoms with Crippen LogP contribution in [0.15, 0.2) is 18.2 Å². The van der Waals surface area contributed by atoms with Crippen LogP contribution in [0.2, 0.25) is 0 Å². The fourth-order valence-corrected chi connectivity index (χ4v) is 2.30. The van der Waals surface area contributed by atoms with E-state index < -0.39 is 0 Å². The zero-order valence-electron chi connectivity index (χ0n) is 11.1. The fourth-order valence-electron chi connectivity index (χ4n) is 2.30. The molecule has 98 valence electrons. The highest BCUT2D eigenvalue weighted by atomic mass is 16.2. The van der Waals surface area contributed by atoms with Crippen LogP contribution in [0.4, 0.5) is 5.69 Å². The molecule has 1 heterocycles. The molecule has 0 saturated carbocycles. The molecule has 18 heavy (non-hydrogen) atoms. The molecule has 0 unspecified atom stereocenters. The fraction of sp³-hybridized carbons (Fsp3) is 0.500. The van der Waals surface area contributed by atoms with Crippen molar-refractivity contribution in [3.05, 3.63) is 29.3 Å². The molecule has 0 spiro atoms. The molecule has 4 heteroatoms. The van der Waals surface area contributed by atoms with Gasteiger partial charge in [0.15, 0.2) is 0 Å². The molecule has 0 aliphatic carbocycles. The molecule has 0 atom stereocenters. The second-order valence-electron chi connectivity index (χ2n) is 5.44. The molecular formula is C14H21N3O. The largest absolute Gasteiger partial charge is 0.330 e. The van der Waals surface area contributed by atoms with Crippen molar-refractivity contribution < 1.29 is 4.79 Å². The van der Waals surface area contributed by atoms with E-state index in [9.17, 15) is 4.79 Å². The Hall–Kier alpha value is -1.39. The summed E-state index contributed by atoms with van der Waals surface area (Å²) >= 11 is 0. The third-order valence-electron chi connectivity index (χ3n) is 3.66. The molecule has 4 N–H and O–H groups in total. The lowest BCUT2D eigenvalue weighted by Gasteiger charge is -2.24. The van der Waals surface area contributed by atoms with Gasteiger partial charge in [0.2, 0.25) is 5.91 Å². The molecule has 1 aromatic carbocycles. The van der Waals surface area contributed by atoms with Crippen molar-refractivity contribution in [3.63, 3.8) is 0 Å². The molecule has 0 fully saturated rings. The summed E-state index contributed by atoms with van der Waals surface area (Å²) in [5, 5.41) is 0. The second-order valence-corrected chi connectivity index (χ2v) is 5.44. The predicted octanol–water partition coefficient (Wildman–Crippen LogP) is 0.771. The van der Waals surface area contributed by atoms with Gasteiger partial charge < -0.3 is 16.4 Å². The molecule has 2 rings (SSSR count). The average Bonchev–Trinajstić information content (AvgIpc) is 2.66. The van der Waals surface area contributed by atoms with E-state index in [4.69, 9.17) is 11.5 Å². The van der Waals surface area contributed by atoms with Crippen LogP contribution >= 0.6 is 0 Å². The lowest BCUT2D eigenvalue weighted by Crippen LogP contribution is -2.32. The summed E-state index contributed by atoms with van der Waals surface area (Å²) in [4.78, 5) is 13.7. The Balaban J connectivity index is 2.36. The summed E-state index contributed by atoms with van der Waals surface area (Å²) in [6.45, 7) is 5.89.